The Kier molecular flexibility index (Phi) is 5.12. The number of anilines is 1. The summed E-state index contributed by atoms with van der Waals surface area (Å²) in [5.41, 5.74) is 1.22. The molecule has 0 aromatic heterocycles. The van der Waals surface area contributed by atoms with E-state index in [0.717, 1.165) is 36.1 Å². The maximum absolute atomic E-state index is 12.0. The summed E-state index contributed by atoms with van der Waals surface area (Å²) in [5.74, 6) is 0.0921. The molecule has 0 radical (unpaired) electrons. The van der Waals surface area contributed by atoms with Crippen LogP contribution in [-0.2, 0) is 9.53 Å². The normalized spacial score (nSPS) is 18.7. The molecule has 1 atom stereocenters. The van der Waals surface area contributed by atoms with Crippen LogP contribution >= 0.6 is 15.9 Å². The smallest absolute Gasteiger partial charge is 0.311 e. The van der Waals surface area contributed by atoms with Crippen molar-refractivity contribution in [2.45, 2.75) is 26.7 Å². The maximum atomic E-state index is 12.0. The third kappa shape index (κ3) is 3.27. The lowest BCUT2D eigenvalue weighted by Gasteiger charge is -2.41. The number of carbonyl (C=O) groups is 1. The maximum Gasteiger partial charge on any atom is 0.311 e. The van der Waals surface area contributed by atoms with Gasteiger partial charge in [0.25, 0.3) is 0 Å². The SMILES string of the molecule is COC(=O)C(C)(C)C1CCCN(c2ccc(C#N)cc2Br)C1. The van der Waals surface area contributed by atoms with Crippen molar-refractivity contribution in [2.24, 2.45) is 11.3 Å². The first-order valence-corrected chi connectivity index (χ1v) is 8.22. The number of benzene rings is 1. The van der Waals surface area contributed by atoms with Crippen LogP contribution in [0.25, 0.3) is 0 Å². The Hall–Kier alpha value is -1.54. The van der Waals surface area contributed by atoms with E-state index < -0.39 is 5.41 Å². The highest BCUT2D eigenvalue weighted by atomic mass is 79.9. The van der Waals surface area contributed by atoms with Crippen molar-refractivity contribution in [2.75, 3.05) is 25.1 Å². The Morgan fingerprint density at radius 3 is 2.82 bits per heavy atom. The molecule has 5 heteroatoms. The van der Waals surface area contributed by atoms with E-state index in [2.05, 4.69) is 26.9 Å². The van der Waals surface area contributed by atoms with Gasteiger partial charge >= 0.3 is 5.97 Å². The first-order valence-electron chi connectivity index (χ1n) is 7.43. The molecule has 1 fully saturated rings. The fourth-order valence-electron chi connectivity index (χ4n) is 3.05. The highest BCUT2D eigenvalue weighted by molar-refractivity contribution is 9.10. The van der Waals surface area contributed by atoms with Gasteiger partial charge in [-0.2, -0.15) is 5.26 Å². The molecule has 0 spiro atoms. The van der Waals surface area contributed by atoms with Crippen LogP contribution in [0, 0.1) is 22.7 Å². The van der Waals surface area contributed by atoms with Crippen molar-refractivity contribution in [3.63, 3.8) is 0 Å². The highest BCUT2D eigenvalue weighted by Gasteiger charge is 2.40. The average molecular weight is 365 g/mol. The Bertz CT molecular complexity index is 607. The van der Waals surface area contributed by atoms with Crippen molar-refractivity contribution >= 4 is 27.6 Å². The zero-order valence-electron chi connectivity index (χ0n) is 13.2. The second-order valence-electron chi connectivity index (χ2n) is 6.28. The van der Waals surface area contributed by atoms with Crippen molar-refractivity contribution in [1.29, 1.82) is 5.26 Å². The molecule has 0 N–H and O–H groups in total. The van der Waals surface area contributed by atoms with Gasteiger partial charge in [-0.05, 0) is 66.7 Å². The van der Waals surface area contributed by atoms with Crippen LogP contribution in [0.4, 0.5) is 5.69 Å². The van der Waals surface area contributed by atoms with Gasteiger partial charge in [0.15, 0.2) is 0 Å². The molecule has 1 aliphatic heterocycles. The molecule has 1 heterocycles. The van der Waals surface area contributed by atoms with Crippen LogP contribution in [0.5, 0.6) is 0 Å². The van der Waals surface area contributed by atoms with E-state index in [1.807, 2.05) is 32.0 Å². The fraction of sp³-hybridized carbons (Fsp3) is 0.529. The van der Waals surface area contributed by atoms with Crippen LogP contribution in [0.2, 0.25) is 0 Å². The number of ether oxygens (including phenoxy) is 1. The van der Waals surface area contributed by atoms with Gasteiger partial charge in [-0.3, -0.25) is 4.79 Å². The summed E-state index contributed by atoms with van der Waals surface area (Å²) in [6.45, 7) is 5.69. The summed E-state index contributed by atoms with van der Waals surface area (Å²) in [5, 5.41) is 8.96. The molecule has 118 valence electrons. The number of hydrogen-bond donors (Lipinski definition) is 0. The minimum absolute atomic E-state index is 0.154. The predicted molar refractivity (Wildman–Crippen MR) is 89.6 cm³/mol. The molecule has 1 aromatic carbocycles. The first kappa shape index (κ1) is 16.8. The third-order valence-electron chi connectivity index (χ3n) is 4.57. The molecule has 0 aliphatic carbocycles. The zero-order valence-corrected chi connectivity index (χ0v) is 14.8. The first-order chi connectivity index (χ1) is 10.4. The van der Waals surface area contributed by atoms with Gasteiger partial charge < -0.3 is 9.64 Å². The van der Waals surface area contributed by atoms with Crippen molar-refractivity contribution < 1.29 is 9.53 Å². The number of nitriles is 1. The summed E-state index contributed by atoms with van der Waals surface area (Å²) in [6, 6.07) is 7.78. The molecule has 1 unspecified atom stereocenters. The largest absolute Gasteiger partial charge is 0.469 e. The monoisotopic (exact) mass is 364 g/mol. The van der Waals surface area contributed by atoms with E-state index in [4.69, 9.17) is 10.00 Å². The number of methoxy groups -OCH3 is 1. The second-order valence-corrected chi connectivity index (χ2v) is 7.13. The molecule has 0 bridgehead atoms. The molecule has 2 rings (SSSR count). The van der Waals surface area contributed by atoms with E-state index in [-0.39, 0.29) is 11.9 Å². The molecular formula is C17H21BrN2O2. The molecule has 1 saturated heterocycles. The third-order valence-corrected chi connectivity index (χ3v) is 5.21. The molecule has 0 amide bonds. The van der Waals surface area contributed by atoms with Gasteiger partial charge in [0.2, 0.25) is 0 Å². The number of esters is 1. The van der Waals surface area contributed by atoms with Crippen LogP contribution in [-0.4, -0.2) is 26.2 Å². The number of carbonyl (C=O) groups excluding carboxylic acids is 1. The van der Waals surface area contributed by atoms with Gasteiger partial charge in [-0.25, -0.2) is 0 Å². The van der Waals surface area contributed by atoms with Crippen LogP contribution in [0.1, 0.15) is 32.3 Å². The van der Waals surface area contributed by atoms with Gasteiger partial charge in [-0.1, -0.05) is 0 Å². The number of hydrogen-bond acceptors (Lipinski definition) is 4. The van der Waals surface area contributed by atoms with E-state index in [1.165, 1.54) is 7.11 Å². The highest BCUT2D eigenvalue weighted by Crippen LogP contribution is 2.38. The van der Waals surface area contributed by atoms with Gasteiger partial charge in [-0.15, -0.1) is 0 Å². The van der Waals surface area contributed by atoms with Crippen LogP contribution in [0.3, 0.4) is 0 Å². The minimum atomic E-state index is -0.494. The number of rotatable bonds is 3. The molecule has 1 aliphatic rings. The summed E-state index contributed by atoms with van der Waals surface area (Å²) in [6.07, 6.45) is 2.06. The Balaban J connectivity index is 2.21. The van der Waals surface area contributed by atoms with E-state index >= 15 is 0 Å². The lowest BCUT2D eigenvalue weighted by atomic mass is 9.74. The van der Waals surface area contributed by atoms with E-state index in [9.17, 15) is 4.79 Å². The molecule has 22 heavy (non-hydrogen) atoms. The predicted octanol–water partition coefficient (Wildman–Crippen LogP) is 3.74. The van der Waals surface area contributed by atoms with Gasteiger partial charge in [0.05, 0.1) is 29.8 Å². The van der Waals surface area contributed by atoms with Gasteiger partial charge in [0, 0.05) is 17.6 Å². The molecular weight excluding hydrogens is 344 g/mol. The zero-order chi connectivity index (χ0) is 16.3. The van der Waals surface area contributed by atoms with Crippen LogP contribution in [0.15, 0.2) is 22.7 Å². The lowest BCUT2D eigenvalue weighted by Crippen LogP contribution is -2.45. The second kappa shape index (κ2) is 6.70. The fourth-order valence-corrected chi connectivity index (χ4v) is 3.68. The quantitative estimate of drug-likeness (QED) is 0.766. The lowest BCUT2D eigenvalue weighted by molar-refractivity contribution is -0.154. The topological polar surface area (TPSA) is 53.3 Å². The Morgan fingerprint density at radius 1 is 1.50 bits per heavy atom. The number of halogens is 1. The summed E-state index contributed by atoms with van der Waals surface area (Å²) < 4.78 is 5.88. The Labute approximate surface area is 140 Å². The van der Waals surface area contributed by atoms with Crippen LogP contribution < -0.4 is 4.90 Å². The standard InChI is InChI=1S/C17H21BrN2O2/c1-17(2,16(21)22-3)13-5-4-8-20(11-13)15-7-6-12(10-19)9-14(15)18/h6-7,9,13H,4-5,8,11H2,1-3H3. The van der Waals surface area contributed by atoms with E-state index in [1.54, 1.807) is 0 Å². The van der Waals surface area contributed by atoms with Crippen molar-refractivity contribution in [3.8, 4) is 6.07 Å². The molecule has 1 aromatic rings. The summed E-state index contributed by atoms with van der Waals surface area (Å²) in [7, 11) is 1.45. The number of nitrogens with zero attached hydrogens (tertiary/aromatic N) is 2. The summed E-state index contributed by atoms with van der Waals surface area (Å²) >= 11 is 3.55. The molecule has 4 nitrogen and oxygen atoms in total. The van der Waals surface area contributed by atoms with Crippen molar-refractivity contribution in [3.05, 3.63) is 28.2 Å². The minimum Gasteiger partial charge on any atom is -0.469 e. The Morgan fingerprint density at radius 2 is 2.23 bits per heavy atom. The molecule has 0 saturated carbocycles. The summed E-state index contributed by atoms with van der Waals surface area (Å²) in [4.78, 5) is 14.3. The average Bonchev–Trinajstić information content (AvgIpc) is 2.53. The van der Waals surface area contributed by atoms with Crippen molar-refractivity contribution in [1.82, 2.24) is 0 Å². The number of piperidine rings is 1. The van der Waals surface area contributed by atoms with E-state index in [0.29, 0.717) is 5.56 Å². The van der Waals surface area contributed by atoms with Gasteiger partial charge in [0.1, 0.15) is 0 Å².